The molecule has 0 spiro atoms. The maximum atomic E-state index is 13.3. The first-order chi connectivity index (χ1) is 7.95. The van der Waals surface area contributed by atoms with Crippen LogP contribution in [0.2, 0.25) is 0 Å². The zero-order valence-electron chi connectivity index (χ0n) is 8.79. The third kappa shape index (κ3) is 3.13. The van der Waals surface area contributed by atoms with Gasteiger partial charge in [0, 0.05) is 18.2 Å². The molecular weight excluding hydrogens is 236 g/mol. The minimum absolute atomic E-state index is 0.169. The van der Waals surface area contributed by atoms with E-state index in [1.165, 1.54) is 7.11 Å². The number of hydrogen-bond acceptors (Lipinski definition) is 3. The first-order valence-electron chi connectivity index (χ1n) is 4.48. The van der Waals surface area contributed by atoms with Crippen molar-refractivity contribution in [2.24, 2.45) is 0 Å². The van der Waals surface area contributed by atoms with E-state index in [-0.39, 0.29) is 11.3 Å². The highest BCUT2D eigenvalue weighted by atomic mass is 19.1. The molecule has 0 aliphatic rings. The summed E-state index contributed by atoms with van der Waals surface area (Å²) in [6.45, 7) is -0.419. The maximum Gasteiger partial charge on any atom is 0.394 e. The van der Waals surface area contributed by atoms with Gasteiger partial charge < -0.3 is 15.2 Å². The molecule has 17 heavy (non-hydrogen) atoms. The van der Waals surface area contributed by atoms with Crippen molar-refractivity contribution in [1.29, 1.82) is 0 Å². The van der Waals surface area contributed by atoms with E-state index in [0.717, 1.165) is 12.1 Å². The fraction of sp³-hybridized carbons (Fsp3) is 0.200. The standard InChI is InChI=1S/C10H9F2NO4/c1-17-8-3-6(11)5(2-7(8)12)4-13-9(14)10(15)16/h2-3H,4H2,1H3,(H,13,14)(H,15,16). The Morgan fingerprint density at radius 3 is 2.53 bits per heavy atom. The maximum absolute atomic E-state index is 13.3. The molecule has 7 heteroatoms. The third-order valence-corrected chi connectivity index (χ3v) is 1.95. The highest BCUT2D eigenvalue weighted by molar-refractivity contribution is 6.31. The van der Waals surface area contributed by atoms with Crippen LogP contribution in [-0.4, -0.2) is 24.1 Å². The Balaban J connectivity index is 2.82. The lowest BCUT2D eigenvalue weighted by atomic mass is 10.2. The molecule has 1 rings (SSSR count). The van der Waals surface area contributed by atoms with Gasteiger partial charge in [0.25, 0.3) is 0 Å². The van der Waals surface area contributed by atoms with E-state index in [1.807, 2.05) is 5.32 Å². The van der Waals surface area contributed by atoms with Crippen LogP contribution in [0.4, 0.5) is 8.78 Å². The number of carboxylic acid groups (broad SMARTS) is 1. The number of carboxylic acids is 1. The normalized spacial score (nSPS) is 9.82. The average Bonchev–Trinajstić information content (AvgIpc) is 2.29. The second-order valence-electron chi connectivity index (χ2n) is 3.07. The predicted molar refractivity (Wildman–Crippen MR) is 52.4 cm³/mol. The van der Waals surface area contributed by atoms with Gasteiger partial charge in [0.2, 0.25) is 0 Å². The number of carbonyl (C=O) groups is 2. The van der Waals surface area contributed by atoms with Gasteiger partial charge in [-0.15, -0.1) is 0 Å². The summed E-state index contributed by atoms with van der Waals surface area (Å²) in [7, 11) is 1.18. The van der Waals surface area contributed by atoms with Crippen LogP contribution in [0.1, 0.15) is 5.56 Å². The number of ether oxygens (including phenoxy) is 1. The molecule has 0 saturated carbocycles. The Morgan fingerprint density at radius 2 is 2.00 bits per heavy atom. The summed E-state index contributed by atoms with van der Waals surface area (Å²) < 4.78 is 31.1. The predicted octanol–water partition coefficient (Wildman–Crippen LogP) is 0.674. The Morgan fingerprint density at radius 1 is 1.35 bits per heavy atom. The number of carbonyl (C=O) groups excluding carboxylic acids is 1. The summed E-state index contributed by atoms with van der Waals surface area (Å²) in [6.07, 6.45) is 0. The van der Waals surface area contributed by atoms with E-state index in [4.69, 9.17) is 5.11 Å². The number of rotatable bonds is 3. The summed E-state index contributed by atoms with van der Waals surface area (Å²) >= 11 is 0. The van der Waals surface area contributed by atoms with E-state index < -0.39 is 30.1 Å². The van der Waals surface area contributed by atoms with Gasteiger partial charge in [-0.3, -0.25) is 4.79 Å². The first-order valence-corrected chi connectivity index (χ1v) is 4.48. The molecule has 0 aromatic heterocycles. The Kier molecular flexibility index (Phi) is 3.97. The molecule has 0 aliphatic carbocycles. The van der Waals surface area contributed by atoms with Crippen molar-refractivity contribution in [2.75, 3.05) is 7.11 Å². The van der Waals surface area contributed by atoms with Crippen LogP contribution in [0.15, 0.2) is 12.1 Å². The number of benzene rings is 1. The van der Waals surface area contributed by atoms with Gasteiger partial charge in [0.05, 0.1) is 7.11 Å². The summed E-state index contributed by atoms with van der Waals surface area (Å²) in [5.74, 6) is -4.85. The summed E-state index contributed by atoms with van der Waals surface area (Å²) in [6, 6.07) is 1.65. The molecule has 0 aliphatic heterocycles. The van der Waals surface area contributed by atoms with Gasteiger partial charge in [-0.2, -0.15) is 0 Å². The van der Waals surface area contributed by atoms with Crippen LogP contribution >= 0.6 is 0 Å². The lowest BCUT2D eigenvalue weighted by Crippen LogP contribution is -2.30. The molecule has 0 bridgehead atoms. The smallest absolute Gasteiger partial charge is 0.394 e. The minimum Gasteiger partial charge on any atom is -0.494 e. The molecule has 1 aromatic rings. The van der Waals surface area contributed by atoms with Crippen LogP contribution in [0.5, 0.6) is 5.75 Å². The van der Waals surface area contributed by atoms with Crippen LogP contribution < -0.4 is 10.1 Å². The number of methoxy groups -OCH3 is 1. The minimum atomic E-state index is -1.70. The molecule has 0 heterocycles. The van der Waals surface area contributed by atoms with Crippen molar-refractivity contribution in [2.45, 2.75) is 6.54 Å². The Hall–Kier alpha value is -2.18. The van der Waals surface area contributed by atoms with Crippen molar-refractivity contribution in [1.82, 2.24) is 5.32 Å². The van der Waals surface area contributed by atoms with Gasteiger partial charge >= 0.3 is 11.9 Å². The Bertz CT molecular complexity index is 462. The summed E-state index contributed by atoms with van der Waals surface area (Å²) in [5, 5.41) is 10.2. The molecule has 0 saturated heterocycles. The molecule has 0 unspecified atom stereocenters. The van der Waals surface area contributed by atoms with E-state index in [1.54, 1.807) is 0 Å². The molecule has 0 radical (unpaired) electrons. The lowest BCUT2D eigenvalue weighted by Gasteiger charge is -2.07. The quantitative estimate of drug-likeness (QED) is 0.767. The number of aliphatic carboxylic acids is 1. The summed E-state index contributed by atoms with van der Waals surface area (Å²) in [4.78, 5) is 20.9. The van der Waals surface area contributed by atoms with E-state index >= 15 is 0 Å². The molecule has 5 nitrogen and oxygen atoms in total. The van der Waals surface area contributed by atoms with E-state index in [0.29, 0.717) is 0 Å². The third-order valence-electron chi connectivity index (χ3n) is 1.95. The SMILES string of the molecule is COc1cc(F)c(CNC(=O)C(=O)O)cc1F. The summed E-state index contributed by atoms with van der Waals surface area (Å²) in [5.41, 5.74) is -0.169. The van der Waals surface area contributed by atoms with Crippen molar-refractivity contribution in [3.8, 4) is 5.75 Å². The van der Waals surface area contributed by atoms with Crippen LogP contribution in [0.3, 0.4) is 0 Å². The molecule has 0 fully saturated rings. The van der Waals surface area contributed by atoms with Gasteiger partial charge in [-0.05, 0) is 6.07 Å². The van der Waals surface area contributed by atoms with Crippen LogP contribution in [0, 0.1) is 11.6 Å². The van der Waals surface area contributed by atoms with Crippen LogP contribution in [0.25, 0.3) is 0 Å². The van der Waals surface area contributed by atoms with Crippen molar-refractivity contribution >= 4 is 11.9 Å². The molecular formula is C10H9F2NO4. The highest BCUT2D eigenvalue weighted by Crippen LogP contribution is 2.20. The van der Waals surface area contributed by atoms with Gasteiger partial charge in [0.1, 0.15) is 5.82 Å². The van der Waals surface area contributed by atoms with Gasteiger partial charge in [0.15, 0.2) is 11.6 Å². The van der Waals surface area contributed by atoms with Gasteiger partial charge in [-0.25, -0.2) is 13.6 Å². The van der Waals surface area contributed by atoms with Crippen molar-refractivity contribution < 1.29 is 28.2 Å². The average molecular weight is 245 g/mol. The molecule has 0 atom stereocenters. The van der Waals surface area contributed by atoms with Gasteiger partial charge in [-0.1, -0.05) is 0 Å². The number of amides is 1. The van der Waals surface area contributed by atoms with Crippen molar-refractivity contribution in [3.05, 3.63) is 29.3 Å². The van der Waals surface area contributed by atoms with Crippen LogP contribution in [-0.2, 0) is 16.1 Å². The van der Waals surface area contributed by atoms with Crippen molar-refractivity contribution in [3.63, 3.8) is 0 Å². The Labute approximate surface area is 95.0 Å². The largest absolute Gasteiger partial charge is 0.494 e. The highest BCUT2D eigenvalue weighted by Gasteiger charge is 2.14. The molecule has 1 aromatic carbocycles. The second kappa shape index (κ2) is 5.24. The number of halogens is 2. The fourth-order valence-corrected chi connectivity index (χ4v) is 1.11. The topological polar surface area (TPSA) is 75.6 Å². The molecule has 2 N–H and O–H groups in total. The zero-order chi connectivity index (χ0) is 13.0. The first kappa shape index (κ1) is 12.9. The number of hydrogen-bond donors (Lipinski definition) is 2. The molecule has 92 valence electrons. The lowest BCUT2D eigenvalue weighted by molar-refractivity contribution is -0.150. The fourth-order valence-electron chi connectivity index (χ4n) is 1.11. The van der Waals surface area contributed by atoms with E-state index in [9.17, 15) is 18.4 Å². The molecule has 1 amide bonds. The van der Waals surface area contributed by atoms with E-state index in [2.05, 4.69) is 4.74 Å². The number of nitrogens with one attached hydrogen (secondary N) is 1. The second-order valence-corrected chi connectivity index (χ2v) is 3.07. The zero-order valence-corrected chi connectivity index (χ0v) is 8.79. The monoisotopic (exact) mass is 245 g/mol.